The quantitative estimate of drug-likeness (QED) is 0.450. The minimum Gasteiger partial charge on any atom is -0.312 e. The fraction of sp³-hybridized carbons (Fsp3) is 0.316. The molecule has 5 heteroatoms. The average Bonchev–Trinajstić information content (AvgIpc) is 2.57. The molecule has 0 aliphatic heterocycles. The first-order chi connectivity index (χ1) is 11.6. The molecule has 0 atom stereocenters. The Morgan fingerprint density at radius 3 is 2.33 bits per heavy atom. The molecule has 124 valence electrons. The smallest absolute Gasteiger partial charge is 0.312 e. The molecular formula is C19H21N3O2. The second-order valence-electron chi connectivity index (χ2n) is 5.83. The number of carbonyl (C=O) groups is 1. The lowest BCUT2D eigenvalue weighted by Crippen LogP contribution is -2.21. The van der Waals surface area contributed by atoms with Gasteiger partial charge in [-0.05, 0) is 48.5 Å². The van der Waals surface area contributed by atoms with Crippen molar-refractivity contribution in [1.82, 2.24) is 4.90 Å². The highest BCUT2D eigenvalue weighted by Crippen LogP contribution is 2.15. The molecule has 0 heterocycles. The predicted molar refractivity (Wildman–Crippen MR) is 93.5 cm³/mol. The van der Waals surface area contributed by atoms with Crippen LogP contribution in [0.25, 0.3) is 0 Å². The van der Waals surface area contributed by atoms with E-state index in [1.165, 1.54) is 16.0 Å². The topological polar surface area (TPSA) is 65.7 Å². The lowest BCUT2D eigenvalue weighted by atomic mass is 9.98. The van der Waals surface area contributed by atoms with Gasteiger partial charge in [0.1, 0.15) is 0 Å². The number of fused-ring (bicyclic) bond motifs is 8. The van der Waals surface area contributed by atoms with Gasteiger partial charge in [0.05, 0.1) is 11.8 Å². The molecular weight excluding hydrogens is 302 g/mol. The number of rotatable bonds is 1. The highest BCUT2D eigenvalue weighted by atomic mass is 16.7. The predicted octanol–water partition coefficient (Wildman–Crippen LogP) is 3.63. The maximum Gasteiger partial charge on any atom is 0.435 e. The van der Waals surface area contributed by atoms with Crippen LogP contribution in [0.5, 0.6) is 0 Å². The van der Waals surface area contributed by atoms with E-state index in [9.17, 15) is 4.79 Å². The fourth-order valence-electron chi connectivity index (χ4n) is 2.26. The van der Waals surface area contributed by atoms with Gasteiger partial charge in [-0.2, -0.15) is 5.26 Å². The monoisotopic (exact) mass is 323 g/mol. The third-order valence-corrected chi connectivity index (χ3v) is 3.74. The van der Waals surface area contributed by atoms with Crippen LogP contribution in [0.2, 0.25) is 0 Å². The Morgan fingerprint density at radius 1 is 1.12 bits per heavy atom. The highest BCUT2D eigenvalue weighted by molar-refractivity contribution is 5.95. The van der Waals surface area contributed by atoms with Crippen LogP contribution in [-0.2, 0) is 17.7 Å². The first-order valence-electron chi connectivity index (χ1n) is 7.88. The zero-order valence-corrected chi connectivity index (χ0v) is 14.0. The minimum atomic E-state index is -0.515. The summed E-state index contributed by atoms with van der Waals surface area (Å²) in [6.45, 7) is 0. The highest BCUT2D eigenvalue weighted by Gasteiger charge is 2.07. The van der Waals surface area contributed by atoms with Gasteiger partial charge in [-0.15, -0.1) is 0 Å². The van der Waals surface area contributed by atoms with Crippen LogP contribution < -0.4 is 0 Å². The summed E-state index contributed by atoms with van der Waals surface area (Å²) in [6.07, 6.45) is 7.82. The molecule has 2 aliphatic rings. The van der Waals surface area contributed by atoms with Crippen LogP contribution in [0.1, 0.15) is 24.0 Å². The Kier molecular flexibility index (Phi) is 6.32. The van der Waals surface area contributed by atoms with E-state index < -0.39 is 6.09 Å². The summed E-state index contributed by atoms with van der Waals surface area (Å²) in [5, 5.41) is 12.9. The number of carbonyl (C=O) groups excluding carboxylic acids is 1. The lowest BCUT2D eigenvalue weighted by Gasteiger charge is -2.09. The van der Waals surface area contributed by atoms with Gasteiger partial charge in [-0.1, -0.05) is 35.5 Å². The zero-order chi connectivity index (χ0) is 17.4. The average molecular weight is 323 g/mol. The maximum atomic E-state index is 11.5. The number of hydrogen-bond donors (Lipinski definition) is 0. The third-order valence-electron chi connectivity index (χ3n) is 3.74. The lowest BCUT2D eigenvalue weighted by molar-refractivity contribution is 0.122. The van der Waals surface area contributed by atoms with Crippen molar-refractivity contribution in [3.63, 3.8) is 0 Å². The first-order valence-corrected chi connectivity index (χ1v) is 7.88. The van der Waals surface area contributed by atoms with Gasteiger partial charge in [0, 0.05) is 20.2 Å². The van der Waals surface area contributed by atoms with Gasteiger partial charge < -0.3 is 4.90 Å². The minimum absolute atomic E-state index is 0.515. The van der Waals surface area contributed by atoms with Gasteiger partial charge >= 0.3 is 6.09 Å². The van der Waals surface area contributed by atoms with Crippen molar-refractivity contribution < 1.29 is 9.63 Å². The molecule has 0 saturated heterocycles. The van der Waals surface area contributed by atoms with Crippen LogP contribution in [0.3, 0.4) is 0 Å². The molecule has 5 nitrogen and oxygen atoms in total. The van der Waals surface area contributed by atoms with Crippen molar-refractivity contribution >= 4 is 11.8 Å². The molecule has 1 aromatic carbocycles. The van der Waals surface area contributed by atoms with E-state index in [0.717, 1.165) is 24.8 Å². The molecule has 0 saturated carbocycles. The molecule has 0 spiro atoms. The molecule has 2 bridgehead atoms. The molecule has 0 aromatic heterocycles. The van der Waals surface area contributed by atoms with E-state index in [4.69, 9.17) is 10.1 Å². The fourth-order valence-corrected chi connectivity index (χ4v) is 2.26. The van der Waals surface area contributed by atoms with Crippen molar-refractivity contribution in [2.24, 2.45) is 5.16 Å². The number of aryl methyl sites for hydroxylation is 2. The SMILES string of the molecule is CN(C)C(=O)O/N=C1/C=C\C(=C\C#N)CCc2ccc(cc2)CC1. The Bertz CT molecular complexity index is 707. The number of allylic oxidation sites excluding steroid dienone is 4. The summed E-state index contributed by atoms with van der Waals surface area (Å²) in [7, 11) is 3.21. The van der Waals surface area contributed by atoms with Crippen molar-refractivity contribution in [2.45, 2.75) is 25.7 Å². The summed E-state index contributed by atoms with van der Waals surface area (Å²) in [6, 6.07) is 10.5. The van der Waals surface area contributed by atoms with Gasteiger partial charge in [0.15, 0.2) is 0 Å². The van der Waals surface area contributed by atoms with Crippen molar-refractivity contribution in [1.29, 1.82) is 5.26 Å². The van der Waals surface area contributed by atoms with Crippen LogP contribution >= 0.6 is 0 Å². The molecule has 3 rings (SSSR count). The van der Waals surface area contributed by atoms with Crippen LogP contribution in [-0.4, -0.2) is 30.8 Å². The van der Waals surface area contributed by atoms with Crippen molar-refractivity contribution in [2.75, 3.05) is 14.1 Å². The number of nitriles is 1. The molecule has 1 amide bonds. The van der Waals surface area contributed by atoms with Crippen LogP contribution in [0.4, 0.5) is 4.79 Å². The van der Waals surface area contributed by atoms with E-state index in [0.29, 0.717) is 12.1 Å². The summed E-state index contributed by atoms with van der Waals surface area (Å²) >= 11 is 0. The largest absolute Gasteiger partial charge is 0.435 e. The number of benzene rings is 1. The molecule has 0 N–H and O–H groups in total. The normalized spacial score (nSPS) is 19.2. The van der Waals surface area contributed by atoms with E-state index >= 15 is 0 Å². The van der Waals surface area contributed by atoms with Crippen molar-refractivity contribution in [3.05, 3.63) is 59.2 Å². The van der Waals surface area contributed by atoms with Gasteiger partial charge in [0.25, 0.3) is 0 Å². The number of nitrogens with zero attached hydrogens (tertiary/aromatic N) is 3. The summed E-state index contributed by atoms with van der Waals surface area (Å²) in [5.74, 6) is 0. The van der Waals surface area contributed by atoms with E-state index in [1.54, 1.807) is 20.2 Å². The second kappa shape index (κ2) is 8.68. The number of oxime groups is 1. The van der Waals surface area contributed by atoms with Crippen molar-refractivity contribution in [3.8, 4) is 6.07 Å². The van der Waals surface area contributed by atoms with Crippen LogP contribution in [0.15, 0.2) is 53.2 Å². The molecule has 0 radical (unpaired) electrons. The van der Waals surface area contributed by atoms with Gasteiger partial charge in [-0.25, -0.2) is 4.79 Å². The van der Waals surface area contributed by atoms with Crippen LogP contribution in [0, 0.1) is 11.3 Å². The summed E-state index contributed by atoms with van der Waals surface area (Å²) in [5.41, 5.74) is 4.06. The molecule has 2 aliphatic carbocycles. The zero-order valence-electron chi connectivity index (χ0n) is 14.0. The second-order valence-corrected chi connectivity index (χ2v) is 5.83. The summed E-state index contributed by atoms with van der Waals surface area (Å²) < 4.78 is 0. The Balaban J connectivity index is 2.25. The van der Waals surface area contributed by atoms with Gasteiger partial charge in [-0.3, -0.25) is 4.84 Å². The summed E-state index contributed by atoms with van der Waals surface area (Å²) in [4.78, 5) is 17.8. The Hall–Kier alpha value is -2.87. The number of hydrogen-bond acceptors (Lipinski definition) is 4. The molecule has 1 aromatic rings. The maximum absolute atomic E-state index is 11.5. The van der Waals surface area contributed by atoms with E-state index in [2.05, 4.69) is 35.5 Å². The Morgan fingerprint density at radius 2 is 1.75 bits per heavy atom. The van der Waals surface area contributed by atoms with E-state index in [1.807, 2.05) is 12.2 Å². The standard InChI is InChI=1S/C19H21N3O2/c1-22(2)19(23)24-21-18-11-9-16-5-3-15(4-6-16)7-8-17(10-12-18)13-14-20/h3-6,10,12-13H,7-9,11H2,1-2H3/b12-10-,17-13+,21-18+. The van der Waals surface area contributed by atoms with Gasteiger partial charge in [0.2, 0.25) is 0 Å². The molecule has 0 unspecified atom stereocenters. The molecule has 24 heavy (non-hydrogen) atoms. The Labute approximate surface area is 142 Å². The molecule has 0 fully saturated rings. The first kappa shape index (κ1) is 17.5. The van der Waals surface area contributed by atoms with E-state index in [-0.39, 0.29) is 0 Å². The third kappa shape index (κ3) is 5.40. The number of amides is 1.